The molecule has 1 aliphatic heterocycles. The first-order valence-corrected chi connectivity index (χ1v) is 11.2. The van der Waals surface area contributed by atoms with Gasteiger partial charge in [-0.1, -0.05) is 37.6 Å². The number of aryl methyl sites for hydroxylation is 1. The van der Waals surface area contributed by atoms with Gasteiger partial charge in [-0.05, 0) is 37.1 Å². The van der Waals surface area contributed by atoms with E-state index < -0.39 is 0 Å². The lowest BCUT2D eigenvalue weighted by molar-refractivity contribution is -0.127. The van der Waals surface area contributed by atoms with Gasteiger partial charge < -0.3 is 18.9 Å². The number of unbranched alkanes of at least 4 members (excludes halogenated alkanes) is 1. The predicted molar refractivity (Wildman–Crippen MR) is 122 cm³/mol. The van der Waals surface area contributed by atoms with E-state index in [-0.39, 0.29) is 11.8 Å². The van der Waals surface area contributed by atoms with E-state index in [1.807, 2.05) is 47.4 Å². The molecule has 2 aromatic carbocycles. The highest BCUT2D eigenvalue weighted by atomic mass is 16.5. The molecule has 0 unspecified atom stereocenters. The maximum Gasteiger partial charge on any atom is 0.223 e. The molecule has 6 nitrogen and oxygen atoms in total. The Kier molecular flexibility index (Phi) is 6.75. The van der Waals surface area contributed by atoms with E-state index in [0.717, 1.165) is 67.3 Å². The lowest BCUT2D eigenvalue weighted by atomic mass is 10.1. The number of hydrogen-bond acceptors (Lipinski definition) is 4. The van der Waals surface area contributed by atoms with Crippen LogP contribution < -0.4 is 9.47 Å². The first-order valence-electron chi connectivity index (χ1n) is 11.2. The number of carbonyl (C=O) groups is 1. The zero-order valence-corrected chi connectivity index (χ0v) is 18.4. The smallest absolute Gasteiger partial charge is 0.223 e. The average Bonchev–Trinajstić information content (AvgIpc) is 3.35. The average molecular weight is 422 g/mol. The molecule has 0 aliphatic carbocycles. The van der Waals surface area contributed by atoms with E-state index in [1.54, 1.807) is 7.11 Å². The second kappa shape index (κ2) is 9.86. The van der Waals surface area contributed by atoms with Crippen molar-refractivity contribution in [2.24, 2.45) is 0 Å². The number of likely N-dealkylation sites (tertiary alicyclic amines) is 1. The van der Waals surface area contributed by atoms with Crippen LogP contribution in [0.1, 0.15) is 44.3 Å². The van der Waals surface area contributed by atoms with Gasteiger partial charge in [-0.2, -0.15) is 0 Å². The quantitative estimate of drug-likeness (QED) is 0.448. The summed E-state index contributed by atoms with van der Waals surface area (Å²) in [5.74, 6) is 2.91. The van der Waals surface area contributed by atoms with Gasteiger partial charge in [0.25, 0.3) is 0 Å². The monoisotopic (exact) mass is 421 g/mol. The van der Waals surface area contributed by atoms with E-state index in [9.17, 15) is 4.79 Å². The number of imidazole rings is 1. The molecular formula is C25H31N3O3. The fourth-order valence-electron chi connectivity index (χ4n) is 4.29. The van der Waals surface area contributed by atoms with Crippen molar-refractivity contribution < 1.29 is 14.3 Å². The lowest BCUT2D eigenvalue weighted by Crippen LogP contribution is -2.26. The van der Waals surface area contributed by atoms with Crippen LogP contribution in [0.2, 0.25) is 0 Å². The number of para-hydroxylation sites is 4. The molecule has 1 atom stereocenters. The summed E-state index contributed by atoms with van der Waals surface area (Å²) in [5, 5.41) is 0. The number of methoxy groups -OCH3 is 1. The molecular weight excluding hydrogens is 390 g/mol. The molecule has 0 radical (unpaired) electrons. The van der Waals surface area contributed by atoms with Gasteiger partial charge in [-0.25, -0.2) is 4.98 Å². The first-order chi connectivity index (χ1) is 15.2. The largest absolute Gasteiger partial charge is 0.493 e. The Balaban J connectivity index is 1.47. The van der Waals surface area contributed by atoms with E-state index in [0.29, 0.717) is 13.0 Å². The Hall–Kier alpha value is -3.02. The SMILES string of the molecule is CCCCN1C[C@H](c2nc3ccccc3n2CCCOc2ccccc2OC)CC1=O. The molecule has 1 aliphatic rings. The van der Waals surface area contributed by atoms with Crippen molar-refractivity contribution in [3.63, 3.8) is 0 Å². The number of amides is 1. The molecule has 31 heavy (non-hydrogen) atoms. The molecule has 164 valence electrons. The van der Waals surface area contributed by atoms with Gasteiger partial charge in [0.05, 0.1) is 24.8 Å². The number of rotatable bonds is 10. The van der Waals surface area contributed by atoms with Crippen LogP contribution in [-0.2, 0) is 11.3 Å². The fraction of sp³-hybridized carbons (Fsp3) is 0.440. The molecule has 1 amide bonds. The number of fused-ring (bicyclic) bond motifs is 1. The van der Waals surface area contributed by atoms with Crippen molar-refractivity contribution >= 4 is 16.9 Å². The van der Waals surface area contributed by atoms with E-state index in [2.05, 4.69) is 17.6 Å². The van der Waals surface area contributed by atoms with Gasteiger partial charge >= 0.3 is 0 Å². The van der Waals surface area contributed by atoms with E-state index in [4.69, 9.17) is 14.5 Å². The highest BCUT2D eigenvalue weighted by Gasteiger charge is 2.33. The molecule has 1 saturated heterocycles. The Labute approximate surface area is 183 Å². The normalized spacial score (nSPS) is 16.3. The number of carbonyl (C=O) groups excluding carboxylic acids is 1. The van der Waals surface area contributed by atoms with E-state index in [1.165, 1.54) is 0 Å². The number of benzene rings is 2. The van der Waals surface area contributed by atoms with Crippen molar-refractivity contribution in [2.75, 3.05) is 26.8 Å². The zero-order valence-electron chi connectivity index (χ0n) is 18.4. The summed E-state index contributed by atoms with van der Waals surface area (Å²) >= 11 is 0. The summed E-state index contributed by atoms with van der Waals surface area (Å²) in [6.45, 7) is 5.15. The summed E-state index contributed by atoms with van der Waals surface area (Å²) in [7, 11) is 1.65. The maximum atomic E-state index is 12.5. The minimum atomic E-state index is 0.145. The van der Waals surface area contributed by atoms with Crippen LogP contribution in [0.4, 0.5) is 0 Å². The third-order valence-corrected chi connectivity index (χ3v) is 5.90. The van der Waals surface area contributed by atoms with E-state index >= 15 is 0 Å². The number of hydrogen-bond donors (Lipinski definition) is 0. The molecule has 0 bridgehead atoms. The Morgan fingerprint density at radius 1 is 1.03 bits per heavy atom. The van der Waals surface area contributed by atoms with Gasteiger partial charge in [0.1, 0.15) is 5.82 Å². The van der Waals surface area contributed by atoms with Crippen molar-refractivity contribution in [2.45, 2.75) is 45.1 Å². The molecule has 4 rings (SSSR count). The van der Waals surface area contributed by atoms with Crippen LogP contribution in [-0.4, -0.2) is 47.2 Å². The number of ether oxygens (including phenoxy) is 2. The van der Waals surface area contributed by atoms with Crippen LogP contribution in [0.3, 0.4) is 0 Å². The van der Waals surface area contributed by atoms with Crippen LogP contribution in [0, 0.1) is 0 Å². The highest BCUT2D eigenvalue weighted by molar-refractivity contribution is 5.80. The van der Waals surface area contributed by atoms with Crippen molar-refractivity contribution in [1.29, 1.82) is 0 Å². The molecule has 1 aromatic heterocycles. The zero-order chi connectivity index (χ0) is 21.6. The fourth-order valence-corrected chi connectivity index (χ4v) is 4.29. The second-order valence-corrected chi connectivity index (χ2v) is 8.06. The lowest BCUT2D eigenvalue weighted by Gasteiger charge is -2.17. The van der Waals surface area contributed by atoms with Gasteiger partial charge in [-0.3, -0.25) is 4.79 Å². The second-order valence-electron chi connectivity index (χ2n) is 8.06. The van der Waals surface area contributed by atoms with Crippen LogP contribution in [0.5, 0.6) is 11.5 Å². The molecule has 3 aromatic rings. The summed E-state index contributed by atoms with van der Waals surface area (Å²) in [6, 6.07) is 15.9. The molecule has 0 saturated carbocycles. The molecule has 6 heteroatoms. The van der Waals surface area contributed by atoms with Crippen molar-refractivity contribution in [1.82, 2.24) is 14.5 Å². The predicted octanol–water partition coefficient (Wildman–Crippen LogP) is 4.63. The molecule has 0 spiro atoms. The maximum absolute atomic E-state index is 12.5. The molecule has 1 fully saturated rings. The molecule has 0 N–H and O–H groups in total. The van der Waals surface area contributed by atoms with Gasteiger partial charge in [0.2, 0.25) is 5.91 Å². The molecule has 2 heterocycles. The number of aromatic nitrogens is 2. The third kappa shape index (κ3) is 4.68. The van der Waals surface area contributed by atoms with Crippen LogP contribution >= 0.6 is 0 Å². The van der Waals surface area contributed by atoms with Crippen molar-refractivity contribution in [3.8, 4) is 11.5 Å². The minimum Gasteiger partial charge on any atom is -0.493 e. The summed E-state index contributed by atoms with van der Waals surface area (Å²) < 4.78 is 13.6. The standard InChI is InChI=1S/C25H31N3O3/c1-3-4-14-27-18-19(17-24(27)29)25-26-20-10-5-6-11-21(20)28(25)15-9-16-31-23-13-8-7-12-22(23)30-2/h5-8,10-13,19H,3-4,9,14-18H2,1-2H3/t19-/m1/s1. The van der Waals surface area contributed by atoms with Gasteiger partial charge in [0.15, 0.2) is 11.5 Å². The Morgan fingerprint density at radius 3 is 2.61 bits per heavy atom. The first kappa shape index (κ1) is 21.2. The Morgan fingerprint density at radius 2 is 1.81 bits per heavy atom. The van der Waals surface area contributed by atoms with Crippen molar-refractivity contribution in [3.05, 3.63) is 54.4 Å². The topological polar surface area (TPSA) is 56.6 Å². The van der Waals surface area contributed by atoms with Gasteiger partial charge in [0, 0.05) is 32.0 Å². The van der Waals surface area contributed by atoms with Gasteiger partial charge in [-0.15, -0.1) is 0 Å². The van der Waals surface area contributed by atoms with Crippen LogP contribution in [0.15, 0.2) is 48.5 Å². The summed E-state index contributed by atoms with van der Waals surface area (Å²) in [6.07, 6.45) is 3.53. The Bertz CT molecular complexity index is 1030. The minimum absolute atomic E-state index is 0.145. The summed E-state index contributed by atoms with van der Waals surface area (Å²) in [4.78, 5) is 19.5. The highest BCUT2D eigenvalue weighted by Crippen LogP contribution is 2.31. The third-order valence-electron chi connectivity index (χ3n) is 5.90. The van der Waals surface area contributed by atoms with Crippen LogP contribution in [0.25, 0.3) is 11.0 Å². The number of nitrogens with zero attached hydrogens (tertiary/aromatic N) is 3. The summed E-state index contributed by atoms with van der Waals surface area (Å²) in [5.41, 5.74) is 2.11.